The standard InChI is InChI=1S/C23H28N2O2/c1-16-5-7-19(8-6-16)14-25(9-10-27-4)15-20-13-22(26)23-18(3)11-17(2)12-21(23)24-20/h5-8,11-13H,9-10,14-15H2,1-4H3,(H,24,26). The van der Waals surface area contributed by atoms with Crippen LogP contribution in [0.5, 0.6) is 0 Å². The van der Waals surface area contributed by atoms with Crippen molar-refractivity contribution in [1.29, 1.82) is 0 Å². The van der Waals surface area contributed by atoms with Crippen molar-refractivity contribution in [2.45, 2.75) is 33.9 Å². The molecule has 0 aliphatic rings. The first-order valence-corrected chi connectivity index (χ1v) is 9.36. The van der Waals surface area contributed by atoms with Crippen molar-refractivity contribution in [1.82, 2.24) is 9.88 Å². The number of pyridine rings is 1. The Labute approximate surface area is 160 Å². The van der Waals surface area contributed by atoms with E-state index in [0.717, 1.165) is 40.8 Å². The highest BCUT2D eigenvalue weighted by atomic mass is 16.5. The molecule has 1 aromatic heterocycles. The number of aromatic amines is 1. The number of H-pyrrole nitrogens is 1. The summed E-state index contributed by atoms with van der Waals surface area (Å²) in [5, 5.41) is 0.784. The maximum atomic E-state index is 12.7. The molecule has 1 heterocycles. The lowest BCUT2D eigenvalue weighted by Gasteiger charge is -2.22. The van der Waals surface area contributed by atoms with Crippen LogP contribution < -0.4 is 5.43 Å². The molecule has 27 heavy (non-hydrogen) atoms. The Bertz CT molecular complexity index is 974. The zero-order valence-corrected chi connectivity index (χ0v) is 16.6. The number of fused-ring (bicyclic) bond motifs is 1. The quantitative estimate of drug-likeness (QED) is 0.686. The van der Waals surface area contributed by atoms with Gasteiger partial charge in [-0.3, -0.25) is 9.69 Å². The van der Waals surface area contributed by atoms with Gasteiger partial charge in [0.2, 0.25) is 0 Å². The Kier molecular flexibility index (Phi) is 6.09. The molecule has 142 valence electrons. The van der Waals surface area contributed by atoms with E-state index < -0.39 is 0 Å². The van der Waals surface area contributed by atoms with Gasteiger partial charge in [-0.1, -0.05) is 35.9 Å². The molecule has 3 rings (SSSR count). The second-order valence-corrected chi connectivity index (χ2v) is 7.35. The molecular weight excluding hydrogens is 336 g/mol. The van der Waals surface area contributed by atoms with Crippen LogP contribution in [0.25, 0.3) is 10.9 Å². The van der Waals surface area contributed by atoms with Gasteiger partial charge in [-0.2, -0.15) is 0 Å². The summed E-state index contributed by atoms with van der Waals surface area (Å²) in [4.78, 5) is 18.4. The summed E-state index contributed by atoms with van der Waals surface area (Å²) < 4.78 is 5.28. The van der Waals surface area contributed by atoms with Crippen molar-refractivity contribution in [2.75, 3.05) is 20.3 Å². The first-order chi connectivity index (χ1) is 13.0. The van der Waals surface area contributed by atoms with Crippen LogP contribution in [0.15, 0.2) is 47.3 Å². The van der Waals surface area contributed by atoms with E-state index in [0.29, 0.717) is 13.2 Å². The second kappa shape index (κ2) is 8.51. The van der Waals surface area contributed by atoms with Crippen LogP contribution in [0.4, 0.5) is 0 Å². The van der Waals surface area contributed by atoms with E-state index in [-0.39, 0.29) is 5.43 Å². The fraction of sp³-hybridized carbons (Fsp3) is 0.348. The molecule has 0 saturated heterocycles. The number of nitrogens with one attached hydrogen (secondary N) is 1. The molecule has 0 bridgehead atoms. The van der Waals surface area contributed by atoms with Gasteiger partial charge < -0.3 is 9.72 Å². The van der Waals surface area contributed by atoms with Crippen molar-refractivity contribution >= 4 is 10.9 Å². The molecule has 0 saturated carbocycles. The number of aryl methyl sites for hydroxylation is 3. The Balaban J connectivity index is 1.88. The predicted octanol–water partition coefficient (Wildman–Crippen LogP) is 4.10. The van der Waals surface area contributed by atoms with Crippen LogP contribution in [0.2, 0.25) is 0 Å². The molecule has 0 spiro atoms. The Morgan fingerprint density at radius 3 is 2.41 bits per heavy atom. The lowest BCUT2D eigenvalue weighted by molar-refractivity contribution is 0.139. The van der Waals surface area contributed by atoms with Gasteiger partial charge in [0.25, 0.3) is 0 Å². The van der Waals surface area contributed by atoms with Crippen LogP contribution in [-0.2, 0) is 17.8 Å². The molecule has 0 atom stereocenters. The van der Waals surface area contributed by atoms with Crippen LogP contribution in [0.1, 0.15) is 27.9 Å². The molecule has 4 heteroatoms. The van der Waals surface area contributed by atoms with E-state index in [1.165, 1.54) is 11.1 Å². The molecule has 0 amide bonds. The van der Waals surface area contributed by atoms with E-state index in [1.807, 2.05) is 13.0 Å². The third kappa shape index (κ3) is 4.85. The van der Waals surface area contributed by atoms with Gasteiger partial charge in [0.05, 0.1) is 12.1 Å². The Hall–Kier alpha value is -2.43. The monoisotopic (exact) mass is 364 g/mol. The minimum Gasteiger partial charge on any atom is -0.383 e. The van der Waals surface area contributed by atoms with Crippen LogP contribution in [0, 0.1) is 20.8 Å². The molecule has 2 aromatic carbocycles. The molecule has 3 aromatic rings. The minimum atomic E-state index is 0.0817. The molecular formula is C23H28N2O2. The van der Waals surface area contributed by atoms with E-state index in [1.54, 1.807) is 13.2 Å². The first-order valence-electron chi connectivity index (χ1n) is 9.36. The number of hydrogen-bond acceptors (Lipinski definition) is 3. The van der Waals surface area contributed by atoms with Crippen molar-refractivity contribution in [3.8, 4) is 0 Å². The zero-order chi connectivity index (χ0) is 19.4. The molecule has 0 fully saturated rings. The van der Waals surface area contributed by atoms with Crippen molar-refractivity contribution in [3.63, 3.8) is 0 Å². The highest BCUT2D eigenvalue weighted by Crippen LogP contribution is 2.17. The lowest BCUT2D eigenvalue weighted by Crippen LogP contribution is -2.27. The van der Waals surface area contributed by atoms with Gasteiger partial charge >= 0.3 is 0 Å². The van der Waals surface area contributed by atoms with Gasteiger partial charge in [-0.05, 0) is 43.5 Å². The number of hydrogen-bond donors (Lipinski definition) is 1. The van der Waals surface area contributed by atoms with Crippen LogP contribution >= 0.6 is 0 Å². The Morgan fingerprint density at radius 2 is 1.70 bits per heavy atom. The summed E-state index contributed by atoms with van der Waals surface area (Å²) >= 11 is 0. The number of aromatic nitrogens is 1. The van der Waals surface area contributed by atoms with E-state index in [9.17, 15) is 4.79 Å². The maximum Gasteiger partial charge on any atom is 0.189 e. The highest BCUT2D eigenvalue weighted by molar-refractivity contribution is 5.82. The summed E-state index contributed by atoms with van der Waals surface area (Å²) in [6.07, 6.45) is 0. The van der Waals surface area contributed by atoms with Gasteiger partial charge in [0, 0.05) is 43.9 Å². The molecule has 0 radical (unpaired) electrons. The van der Waals surface area contributed by atoms with Crippen LogP contribution in [-0.4, -0.2) is 30.1 Å². The number of rotatable bonds is 7. The van der Waals surface area contributed by atoms with Crippen molar-refractivity contribution in [3.05, 3.63) is 80.6 Å². The average Bonchev–Trinajstić information content (AvgIpc) is 2.60. The highest BCUT2D eigenvalue weighted by Gasteiger charge is 2.11. The molecule has 0 unspecified atom stereocenters. The molecule has 1 N–H and O–H groups in total. The fourth-order valence-corrected chi connectivity index (χ4v) is 3.54. The van der Waals surface area contributed by atoms with Crippen molar-refractivity contribution in [2.24, 2.45) is 0 Å². The van der Waals surface area contributed by atoms with E-state index in [2.05, 4.69) is 54.1 Å². The SMILES string of the molecule is COCCN(Cc1ccc(C)cc1)Cc1cc(=O)c2c(C)cc(C)cc2[nH]1. The maximum absolute atomic E-state index is 12.7. The summed E-state index contributed by atoms with van der Waals surface area (Å²) in [6, 6.07) is 14.4. The third-order valence-corrected chi connectivity index (χ3v) is 4.86. The summed E-state index contributed by atoms with van der Waals surface area (Å²) in [5.41, 5.74) is 6.62. The Morgan fingerprint density at radius 1 is 0.963 bits per heavy atom. The van der Waals surface area contributed by atoms with E-state index >= 15 is 0 Å². The predicted molar refractivity (Wildman–Crippen MR) is 111 cm³/mol. The van der Waals surface area contributed by atoms with E-state index in [4.69, 9.17) is 4.74 Å². The molecule has 0 aliphatic heterocycles. The van der Waals surface area contributed by atoms with Gasteiger partial charge in [0.15, 0.2) is 5.43 Å². The average molecular weight is 364 g/mol. The molecule has 0 aliphatic carbocycles. The van der Waals surface area contributed by atoms with Gasteiger partial charge in [-0.15, -0.1) is 0 Å². The zero-order valence-electron chi connectivity index (χ0n) is 16.6. The summed E-state index contributed by atoms with van der Waals surface area (Å²) in [5.74, 6) is 0. The third-order valence-electron chi connectivity index (χ3n) is 4.86. The molecule has 4 nitrogen and oxygen atoms in total. The fourth-order valence-electron chi connectivity index (χ4n) is 3.54. The second-order valence-electron chi connectivity index (χ2n) is 7.35. The largest absolute Gasteiger partial charge is 0.383 e. The first kappa shape index (κ1) is 19.3. The minimum absolute atomic E-state index is 0.0817. The number of benzene rings is 2. The van der Waals surface area contributed by atoms with Crippen LogP contribution in [0.3, 0.4) is 0 Å². The number of methoxy groups -OCH3 is 1. The van der Waals surface area contributed by atoms with Gasteiger partial charge in [-0.25, -0.2) is 0 Å². The topological polar surface area (TPSA) is 45.3 Å². The number of ether oxygens (including phenoxy) is 1. The summed E-state index contributed by atoms with van der Waals surface area (Å²) in [6.45, 7) is 9.09. The lowest BCUT2D eigenvalue weighted by atomic mass is 10.1. The number of nitrogens with zero attached hydrogens (tertiary/aromatic N) is 1. The van der Waals surface area contributed by atoms with Crippen molar-refractivity contribution < 1.29 is 4.74 Å². The smallest absolute Gasteiger partial charge is 0.189 e. The normalized spacial score (nSPS) is 11.4. The van der Waals surface area contributed by atoms with Gasteiger partial charge in [0.1, 0.15) is 0 Å². The summed E-state index contributed by atoms with van der Waals surface area (Å²) in [7, 11) is 1.72.